The second kappa shape index (κ2) is 6.91. The number of nitrogens with one attached hydrogen (secondary N) is 1. The Kier molecular flexibility index (Phi) is 4.30. The van der Waals surface area contributed by atoms with Gasteiger partial charge in [-0.1, -0.05) is 0 Å². The number of benzene rings is 1. The van der Waals surface area contributed by atoms with E-state index in [0.29, 0.717) is 5.56 Å². The zero-order chi connectivity index (χ0) is 17.9. The molecular weight excluding hydrogens is 330 g/mol. The van der Waals surface area contributed by atoms with Gasteiger partial charge in [-0.15, -0.1) is 5.10 Å². The molecule has 1 aliphatic rings. The Hall–Kier alpha value is -3.29. The van der Waals surface area contributed by atoms with Crippen LogP contribution in [0.5, 0.6) is 0 Å². The van der Waals surface area contributed by atoms with E-state index in [1.165, 1.54) is 0 Å². The number of tetrazole rings is 1. The van der Waals surface area contributed by atoms with Crippen molar-refractivity contribution in [3.63, 3.8) is 0 Å². The Morgan fingerprint density at radius 1 is 1.19 bits per heavy atom. The number of carbonyl (C=O) groups excluding carboxylic acids is 1. The molecule has 8 heteroatoms. The van der Waals surface area contributed by atoms with Crippen LogP contribution >= 0.6 is 0 Å². The second-order valence-electron chi connectivity index (χ2n) is 6.28. The molecule has 0 aliphatic carbocycles. The van der Waals surface area contributed by atoms with Gasteiger partial charge in [0.1, 0.15) is 12.1 Å². The molecule has 0 unspecified atom stereocenters. The number of carbonyl (C=O) groups is 1. The van der Waals surface area contributed by atoms with Crippen molar-refractivity contribution in [2.45, 2.75) is 19.8 Å². The lowest BCUT2D eigenvalue weighted by atomic mass is 10.1. The Bertz CT molecular complexity index is 917. The summed E-state index contributed by atoms with van der Waals surface area (Å²) in [6.07, 6.45) is 5.54. The lowest BCUT2D eigenvalue weighted by Gasteiger charge is -2.19. The third-order valence-corrected chi connectivity index (χ3v) is 4.49. The average molecular weight is 349 g/mol. The average Bonchev–Trinajstić information content (AvgIpc) is 3.36. The van der Waals surface area contributed by atoms with Gasteiger partial charge in [-0.2, -0.15) is 0 Å². The molecule has 8 nitrogen and oxygen atoms in total. The van der Waals surface area contributed by atoms with Crippen molar-refractivity contribution in [2.75, 3.05) is 23.3 Å². The van der Waals surface area contributed by atoms with Crippen LogP contribution in [0.4, 0.5) is 11.5 Å². The van der Waals surface area contributed by atoms with Gasteiger partial charge in [0, 0.05) is 25.0 Å². The molecule has 0 radical (unpaired) electrons. The Labute approximate surface area is 150 Å². The molecule has 3 aromatic rings. The fourth-order valence-corrected chi connectivity index (χ4v) is 3.22. The normalized spacial score (nSPS) is 13.8. The van der Waals surface area contributed by atoms with E-state index in [-0.39, 0.29) is 5.91 Å². The number of aryl methyl sites for hydroxylation is 1. The smallest absolute Gasteiger partial charge is 0.259 e. The predicted octanol–water partition coefficient (Wildman–Crippen LogP) is 2.22. The Balaban J connectivity index is 1.56. The summed E-state index contributed by atoms with van der Waals surface area (Å²) >= 11 is 0. The van der Waals surface area contributed by atoms with Gasteiger partial charge in [-0.3, -0.25) is 4.79 Å². The Morgan fingerprint density at radius 3 is 2.77 bits per heavy atom. The molecule has 1 aliphatic heterocycles. The van der Waals surface area contributed by atoms with Crippen molar-refractivity contribution in [3.8, 4) is 5.69 Å². The zero-order valence-electron chi connectivity index (χ0n) is 14.5. The summed E-state index contributed by atoms with van der Waals surface area (Å²) < 4.78 is 1.59. The molecule has 0 saturated carbocycles. The van der Waals surface area contributed by atoms with Crippen LogP contribution in [0, 0.1) is 6.92 Å². The fraction of sp³-hybridized carbons (Fsp3) is 0.278. The van der Waals surface area contributed by atoms with E-state index in [0.717, 1.165) is 48.7 Å². The number of nitrogens with zero attached hydrogens (tertiary/aromatic N) is 6. The zero-order valence-corrected chi connectivity index (χ0v) is 14.5. The highest BCUT2D eigenvalue weighted by Gasteiger charge is 2.20. The van der Waals surface area contributed by atoms with Crippen LogP contribution in [0.2, 0.25) is 0 Å². The summed E-state index contributed by atoms with van der Waals surface area (Å²) in [6.45, 7) is 3.83. The molecule has 1 aromatic carbocycles. The largest absolute Gasteiger partial charge is 0.356 e. The van der Waals surface area contributed by atoms with Crippen molar-refractivity contribution in [1.29, 1.82) is 0 Å². The number of pyridine rings is 1. The summed E-state index contributed by atoms with van der Waals surface area (Å²) in [4.78, 5) is 19.4. The van der Waals surface area contributed by atoms with Gasteiger partial charge in [-0.05, 0) is 66.1 Å². The molecule has 0 bridgehead atoms. The Morgan fingerprint density at radius 2 is 2.04 bits per heavy atom. The maximum Gasteiger partial charge on any atom is 0.259 e. The van der Waals surface area contributed by atoms with Crippen LogP contribution < -0.4 is 10.2 Å². The molecule has 3 heterocycles. The van der Waals surface area contributed by atoms with Crippen LogP contribution in [-0.2, 0) is 0 Å². The van der Waals surface area contributed by atoms with E-state index in [9.17, 15) is 4.79 Å². The van der Waals surface area contributed by atoms with E-state index in [1.807, 2.05) is 31.2 Å². The summed E-state index contributed by atoms with van der Waals surface area (Å²) in [5.74, 6) is 0.596. The molecular formula is C18H19N7O. The molecule has 1 N–H and O–H groups in total. The minimum Gasteiger partial charge on any atom is -0.356 e. The first-order chi connectivity index (χ1) is 12.7. The van der Waals surface area contributed by atoms with Gasteiger partial charge in [-0.25, -0.2) is 9.67 Å². The monoisotopic (exact) mass is 349 g/mol. The number of amides is 1. The van der Waals surface area contributed by atoms with E-state index >= 15 is 0 Å². The van der Waals surface area contributed by atoms with Crippen LogP contribution in [0.25, 0.3) is 5.69 Å². The van der Waals surface area contributed by atoms with Gasteiger partial charge in [0.05, 0.1) is 11.3 Å². The first-order valence-electron chi connectivity index (χ1n) is 8.58. The van der Waals surface area contributed by atoms with Gasteiger partial charge < -0.3 is 10.2 Å². The number of hydrogen-bond acceptors (Lipinski definition) is 6. The second-order valence-corrected chi connectivity index (χ2v) is 6.28. The maximum atomic E-state index is 12.8. The highest BCUT2D eigenvalue weighted by atomic mass is 16.1. The molecule has 26 heavy (non-hydrogen) atoms. The van der Waals surface area contributed by atoms with Crippen LogP contribution in [0.15, 0.2) is 42.9 Å². The minimum absolute atomic E-state index is 0.158. The number of anilines is 2. The lowest BCUT2D eigenvalue weighted by molar-refractivity contribution is 0.102. The van der Waals surface area contributed by atoms with E-state index < -0.39 is 0 Å². The molecule has 132 valence electrons. The quantitative estimate of drug-likeness (QED) is 0.777. The highest BCUT2D eigenvalue weighted by molar-refractivity contribution is 6.07. The number of hydrogen-bond donors (Lipinski definition) is 1. The van der Waals surface area contributed by atoms with Crippen molar-refractivity contribution in [3.05, 3.63) is 54.0 Å². The number of aromatic nitrogens is 5. The van der Waals surface area contributed by atoms with Gasteiger partial charge in [0.15, 0.2) is 0 Å². The first kappa shape index (κ1) is 16.2. The topological polar surface area (TPSA) is 88.8 Å². The van der Waals surface area contributed by atoms with Gasteiger partial charge >= 0.3 is 0 Å². The third kappa shape index (κ3) is 3.13. The number of rotatable bonds is 4. The van der Waals surface area contributed by atoms with Crippen LogP contribution in [0.1, 0.15) is 28.8 Å². The molecule has 4 rings (SSSR count). The van der Waals surface area contributed by atoms with Gasteiger partial charge in [0.2, 0.25) is 0 Å². The van der Waals surface area contributed by atoms with Crippen molar-refractivity contribution >= 4 is 17.4 Å². The molecule has 0 atom stereocenters. The predicted molar refractivity (Wildman–Crippen MR) is 97.5 cm³/mol. The fourth-order valence-electron chi connectivity index (χ4n) is 3.22. The minimum atomic E-state index is -0.158. The van der Waals surface area contributed by atoms with Crippen molar-refractivity contribution < 1.29 is 4.79 Å². The first-order valence-corrected chi connectivity index (χ1v) is 8.58. The lowest BCUT2D eigenvalue weighted by Crippen LogP contribution is -2.24. The standard InChI is InChI=1S/C18H19N7O/c1-13-11-14(6-7-16(13)25-12-20-22-23-25)21-18(26)15-5-4-8-19-17(15)24-9-2-3-10-24/h4-8,11-12H,2-3,9-10H2,1H3,(H,21,26). The van der Waals surface area contributed by atoms with E-state index in [1.54, 1.807) is 23.3 Å². The summed E-state index contributed by atoms with van der Waals surface area (Å²) in [6, 6.07) is 9.24. The summed E-state index contributed by atoms with van der Waals surface area (Å²) in [5, 5.41) is 14.2. The third-order valence-electron chi connectivity index (χ3n) is 4.49. The van der Waals surface area contributed by atoms with E-state index in [2.05, 4.69) is 30.7 Å². The SMILES string of the molecule is Cc1cc(NC(=O)c2cccnc2N2CCCC2)ccc1-n1cnnn1. The van der Waals surface area contributed by atoms with Crippen LogP contribution in [0.3, 0.4) is 0 Å². The molecule has 1 fully saturated rings. The van der Waals surface area contributed by atoms with Crippen molar-refractivity contribution in [2.24, 2.45) is 0 Å². The summed E-state index contributed by atoms with van der Waals surface area (Å²) in [5.41, 5.74) is 3.14. The highest BCUT2D eigenvalue weighted by Crippen LogP contribution is 2.24. The van der Waals surface area contributed by atoms with Gasteiger partial charge in [0.25, 0.3) is 5.91 Å². The van der Waals surface area contributed by atoms with Crippen LogP contribution in [-0.4, -0.2) is 44.2 Å². The molecule has 2 aromatic heterocycles. The molecule has 1 amide bonds. The maximum absolute atomic E-state index is 12.8. The summed E-state index contributed by atoms with van der Waals surface area (Å²) in [7, 11) is 0. The molecule has 1 saturated heterocycles. The molecule has 0 spiro atoms. The van der Waals surface area contributed by atoms with Crippen molar-refractivity contribution in [1.82, 2.24) is 25.2 Å². The van der Waals surface area contributed by atoms with E-state index in [4.69, 9.17) is 0 Å².